The number of allylic oxidation sites excluding steroid dienone is 2. The molecule has 0 bridgehead atoms. The highest BCUT2D eigenvalue weighted by molar-refractivity contribution is 5.96. The lowest BCUT2D eigenvalue weighted by atomic mass is 9.47. The van der Waals surface area contributed by atoms with E-state index in [0.29, 0.717) is 17.8 Å². The van der Waals surface area contributed by atoms with Gasteiger partial charge < -0.3 is 20.4 Å². The van der Waals surface area contributed by atoms with Crippen molar-refractivity contribution in [1.29, 1.82) is 0 Å². The van der Waals surface area contributed by atoms with Gasteiger partial charge in [0.2, 0.25) is 0 Å². The van der Waals surface area contributed by atoms with Crippen LogP contribution < -0.4 is 5.32 Å². The number of aliphatic hydroxyl groups excluding tert-OH is 1. The topological polar surface area (TPSA) is 108 Å². The fourth-order valence-electron chi connectivity index (χ4n) is 7.52. The van der Waals surface area contributed by atoms with Crippen molar-refractivity contribution in [1.82, 2.24) is 5.32 Å². The van der Waals surface area contributed by atoms with E-state index in [1.54, 1.807) is 13.8 Å². The van der Waals surface area contributed by atoms with E-state index in [9.17, 15) is 19.8 Å². The summed E-state index contributed by atoms with van der Waals surface area (Å²) in [6.45, 7) is 7.96. The molecule has 4 aliphatic rings. The molecule has 0 radical (unpaired) electrons. The van der Waals surface area contributed by atoms with Crippen molar-refractivity contribution in [3.05, 3.63) is 11.6 Å². The Morgan fingerprint density at radius 1 is 1.15 bits per heavy atom. The summed E-state index contributed by atoms with van der Waals surface area (Å²) in [5.74, 6) is 0.272. The number of oxime groups is 1. The van der Waals surface area contributed by atoms with Crippen LogP contribution in [-0.4, -0.2) is 46.6 Å². The molecule has 4 rings (SSSR count). The lowest BCUT2D eigenvalue weighted by Crippen LogP contribution is -2.51. The fraction of sp³-hybridized carbons (Fsp3) is 0.808. The number of fused-ring (bicyclic) bond motifs is 5. The molecule has 7 heteroatoms. The molecule has 0 aromatic heterocycles. The summed E-state index contributed by atoms with van der Waals surface area (Å²) in [6.07, 6.45) is 10.6. The fourth-order valence-corrected chi connectivity index (χ4v) is 7.52. The Balaban J connectivity index is 1.39. The maximum Gasteiger partial charge on any atom is 0.326 e. The van der Waals surface area contributed by atoms with Gasteiger partial charge in [0, 0.05) is 0 Å². The molecular weight excluding hydrogens is 420 g/mol. The van der Waals surface area contributed by atoms with Gasteiger partial charge in [0.05, 0.1) is 11.8 Å². The van der Waals surface area contributed by atoms with Crippen LogP contribution in [0.15, 0.2) is 16.8 Å². The van der Waals surface area contributed by atoms with Crippen molar-refractivity contribution in [2.24, 2.45) is 39.7 Å². The third kappa shape index (κ3) is 4.33. The molecule has 3 N–H and O–H groups in total. The second-order valence-electron chi connectivity index (χ2n) is 11.6. The Bertz CT molecular complexity index is 852. The zero-order valence-corrected chi connectivity index (χ0v) is 20.5. The standard InChI is InChI=1S/C26H40N2O5/c1-15(2)23(24(31)32)27-22(30)14-33-28-17-9-11-25(3)16(13-17)5-6-18-19-7-8-21(29)26(19,4)12-10-20(18)25/h13,15,18-21,23,29H,5-12,14H2,1-4H3,(H,27,30)(H,31,32)/t18-,19+,20+,21+,23+,25+,26+/m1/s1. The third-order valence-electron chi connectivity index (χ3n) is 9.55. The number of carbonyl (C=O) groups excluding carboxylic acids is 1. The summed E-state index contributed by atoms with van der Waals surface area (Å²) in [5, 5.41) is 26.6. The molecular formula is C26H40N2O5. The third-order valence-corrected chi connectivity index (χ3v) is 9.55. The summed E-state index contributed by atoms with van der Waals surface area (Å²) in [7, 11) is 0. The Labute approximate surface area is 197 Å². The molecule has 0 unspecified atom stereocenters. The second kappa shape index (κ2) is 9.05. The van der Waals surface area contributed by atoms with Crippen LogP contribution in [0.5, 0.6) is 0 Å². The van der Waals surface area contributed by atoms with Gasteiger partial charge in [-0.15, -0.1) is 0 Å². The van der Waals surface area contributed by atoms with Gasteiger partial charge in [-0.3, -0.25) is 4.79 Å². The smallest absolute Gasteiger partial charge is 0.326 e. The molecule has 0 aromatic carbocycles. The van der Waals surface area contributed by atoms with Crippen LogP contribution in [0.25, 0.3) is 0 Å². The highest BCUT2D eigenvalue weighted by Gasteiger charge is 2.58. The number of rotatable bonds is 6. The zero-order chi connectivity index (χ0) is 24.0. The van der Waals surface area contributed by atoms with Crippen LogP contribution in [0.1, 0.15) is 79.1 Å². The number of hydrogen-bond acceptors (Lipinski definition) is 5. The van der Waals surface area contributed by atoms with Crippen molar-refractivity contribution in [3.8, 4) is 0 Å². The van der Waals surface area contributed by atoms with Gasteiger partial charge in [-0.2, -0.15) is 0 Å². The first kappa shape index (κ1) is 24.2. The average Bonchev–Trinajstić information content (AvgIpc) is 3.06. The van der Waals surface area contributed by atoms with Gasteiger partial charge in [0.15, 0.2) is 6.61 Å². The molecule has 0 aliphatic heterocycles. The van der Waals surface area contributed by atoms with Gasteiger partial charge in [0.25, 0.3) is 5.91 Å². The van der Waals surface area contributed by atoms with Crippen LogP contribution in [0, 0.1) is 34.5 Å². The summed E-state index contributed by atoms with van der Waals surface area (Å²) in [6, 6.07) is -0.931. The monoisotopic (exact) mass is 460 g/mol. The number of nitrogens with one attached hydrogen (secondary N) is 1. The van der Waals surface area contributed by atoms with Crippen molar-refractivity contribution in [2.45, 2.75) is 91.2 Å². The number of aliphatic hydroxyl groups is 1. The Morgan fingerprint density at radius 2 is 1.91 bits per heavy atom. The van der Waals surface area contributed by atoms with Crippen molar-refractivity contribution in [3.63, 3.8) is 0 Å². The van der Waals surface area contributed by atoms with Crippen LogP contribution in [0.2, 0.25) is 0 Å². The minimum Gasteiger partial charge on any atom is -0.480 e. The van der Waals surface area contributed by atoms with Crippen LogP contribution in [0.3, 0.4) is 0 Å². The molecule has 7 nitrogen and oxygen atoms in total. The van der Waals surface area contributed by atoms with Crippen LogP contribution >= 0.6 is 0 Å². The van der Waals surface area contributed by atoms with E-state index in [1.807, 2.05) is 0 Å². The molecule has 7 atom stereocenters. The summed E-state index contributed by atoms with van der Waals surface area (Å²) in [5.41, 5.74) is 2.60. The van der Waals surface area contributed by atoms with Gasteiger partial charge in [0.1, 0.15) is 6.04 Å². The van der Waals surface area contributed by atoms with Crippen molar-refractivity contribution >= 4 is 17.6 Å². The molecule has 0 spiro atoms. The number of carboxylic acids is 1. The molecule has 33 heavy (non-hydrogen) atoms. The minimum absolute atomic E-state index is 0.101. The molecule has 0 saturated heterocycles. The number of carbonyl (C=O) groups is 2. The average molecular weight is 461 g/mol. The van der Waals surface area contributed by atoms with E-state index in [0.717, 1.165) is 44.2 Å². The van der Waals surface area contributed by atoms with Crippen molar-refractivity contribution in [2.75, 3.05) is 6.61 Å². The first-order valence-electron chi connectivity index (χ1n) is 12.7. The quantitative estimate of drug-likeness (QED) is 0.521. The molecule has 3 saturated carbocycles. The number of hydrogen-bond donors (Lipinski definition) is 3. The Kier molecular flexibility index (Phi) is 6.64. The molecule has 4 aliphatic carbocycles. The lowest BCUT2D eigenvalue weighted by Gasteiger charge is -2.57. The van der Waals surface area contributed by atoms with E-state index in [4.69, 9.17) is 4.84 Å². The number of amides is 1. The van der Waals surface area contributed by atoms with E-state index >= 15 is 0 Å². The normalized spacial score (nSPS) is 39.8. The predicted octanol–water partition coefficient (Wildman–Crippen LogP) is 3.91. The molecule has 0 aromatic rings. The first-order valence-corrected chi connectivity index (χ1v) is 12.7. The maximum atomic E-state index is 12.1. The molecule has 1 amide bonds. The summed E-state index contributed by atoms with van der Waals surface area (Å²) >= 11 is 0. The Morgan fingerprint density at radius 3 is 2.61 bits per heavy atom. The predicted molar refractivity (Wildman–Crippen MR) is 126 cm³/mol. The molecule has 184 valence electrons. The Hall–Kier alpha value is -1.89. The van der Waals surface area contributed by atoms with E-state index in [-0.39, 0.29) is 29.5 Å². The van der Waals surface area contributed by atoms with E-state index in [2.05, 4.69) is 30.4 Å². The largest absolute Gasteiger partial charge is 0.480 e. The maximum absolute atomic E-state index is 12.1. The van der Waals surface area contributed by atoms with Gasteiger partial charge in [-0.1, -0.05) is 38.4 Å². The van der Waals surface area contributed by atoms with Gasteiger partial charge in [-0.05, 0) is 91.9 Å². The zero-order valence-electron chi connectivity index (χ0n) is 20.5. The second-order valence-corrected chi connectivity index (χ2v) is 11.6. The van der Waals surface area contributed by atoms with Gasteiger partial charge >= 0.3 is 5.97 Å². The van der Waals surface area contributed by atoms with Crippen LogP contribution in [-0.2, 0) is 14.4 Å². The highest BCUT2D eigenvalue weighted by Crippen LogP contribution is 2.65. The number of carboxylic acid groups (broad SMARTS) is 1. The molecule has 0 heterocycles. The SMILES string of the molecule is CC(C)[C@H](NC(=O)CON=C1C=C2CC[C@@H]3[C@@H]4CC[C@H](O)[C@@]4(C)CC[C@@H]3[C@@]2(C)CC1)C(=O)O. The highest BCUT2D eigenvalue weighted by atomic mass is 16.6. The number of nitrogens with zero attached hydrogens (tertiary/aromatic N) is 1. The summed E-state index contributed by atoms with van der Waals surface area (Å²) in [4.78, 5) is 28.6. The summed E-state index contributed by atoms with van der Waals surface area (Å²) < 4.78 is 0. The molecule has 3 fully saturated rings. The van der Waals surface area contributed by atoms with E-state index in [1.165, 1.54) is 18.4 Å². The van der Waals surface area contributed by atoms with Crippen molar-refractivity contribution < 1.29 is 24.6 Å². The van der Waals surface area contributed by atoms with Crippen LogP contribution in [0.4, 0.5) is 0 Å². The van der Waals surface area contributed by atoms with Gasteiger partial charge in [-0.25, -0.2) is 4.79 Å². The lowest BCUT2D eigenvalue weighted by molar-refractivity contribution is -0.143. The number of aliphatic carboxylic acids is 1. The van der Waals surface area contributed by atoms with E-state index < -0.39 is 17.9 Å². The minimum atomic E-state index is -1.05. The first-order chi connectivity index (χ1) is 15.6.